The molecule has 1 amide bonds. The predicted octanol–water partition coefficient (Wildman–Crippen LogP) is 1.41. The van der Waals surface area contributed by atoms with Gasteiger partial charge in [-0.15, -0.1) is 0 Å². The molecular formula is C8H7BrFNO3S. The summed E-state index contributed by atoms with van der Waals surface area (Å²) in [6.07, 6.45) is 0. The van der Waals surface area contributed by atoms with E-state index < -0.39 is 21.7 Å². The van der Waals surface area contributed by atoms with Crippen molar-refractivity contribution >= 4 is 31.9 Å². The second-order valence-electron chi connectivity index (χ2n) is 2.74. The van der Waals surface area contributed by atoms with Gasteiger partial charge in [0.15, 0.2) is 0 Å². The van der Waals surface area contributed by atoms with Crippen LogP contribution >= 0.6 is 15.9 Å². The monoisotopic (exact) mass is 295 g/mol. The number of amides is 1. The van der Waals surface area contributed by atoms with Crippen LogP contribution in [0.4, 0.5) is 4.39 Å². The lowest BCUT2D eigenvalue weighted by Gasteiger charge is -2.06. The summed E-state index contributed by atoms with van der Waals surface area (Å²) in [4.78, 5) is 10.4. The van der Waals surface area contributed by atoms with Gasteiger partial charge in [-0.25, -0.2) is 17.5 Å². The number of halogens is 2. The fourth-order valence-electron chi connectivity index (χ4n) is 0.937. The van der Waals surface area contributed by atoms with Gasteiger partial charge in [-0.3, -0.25) is 4.79 Å². The summed E-state index contributed by atoms with van der Waals surface area (Å²) in [6, 6.07) is 3.08. The Balaban J connectivity index is 3.22. The topological polar surface area (TPSA) is 63.2 Å². The van der Waals surface area contributed by atoms with Crippen LogP contribution in [0.2, 0.25) is 0 Å². The number of rotatable bonds is 2. The number of hydrogen-bond donors (Lipinski definition) is 1. The Labute approximate surface area is 94.7 Å². The molecule has 4 nitrogen and oxygen atoms in total. The zero-order valence-corrected chi connectivity index (χ0v) is 10.0. The Hall–Kier alpha value is -0.950. The third kappa shape index (κ3) is 3.00. The minimum Gasteiger partial charge on any atom is -0.274 e. The zero-order chi connectivity index (χ0) is 11.6. The first-order valence-corrected chi connectivity index (χ1v) is 6.09. The molecule has 0 aromatic heterocycles. The Morgan fingerprint density at radius 3 is 2.53 bits per heavy atom. The van der Waals surface area contributed by atoms with E-state index in [1.807, 2.05) is 0 Å². The van der Waals surface area contributed by atoms with Crippen molar-refractivity contribution in [3.63, 3.8) is 0 Å². The molecule has 0 radical (unpaired) electrons. The average molecular weight is 296 g/mol. The van der Waals surface area contributed by atoms with Crippen molar-refractivity contribution in [1.29, 1.82) is 0 Å². The molecule has 0 bridgehead atoms. The molecule has 0 heterocycles. The van der Waals surface area contributed by atoms with E-state index in [-0.39, 0.29) is 9.37 Å². The summed E-state index contributed by atoms with van der Waals surface area (Å²) in [5.41, 5.74) is 0. The van der Waals surface area contributed by atoms with Gasteiger partial charge in [-0.2, -0.15) is 0 Å². The van der Waals surface area contributed by atoms with E-state index in [1.165, 1.54) is 0 Å². The van der Waals surface area contributed by atoms with Crippen molar-refractivity contribution in [3.05, 3.63) is 28.5 Å². The lowest BCUT2D eigenvalue weighted by atomic mass is 10.3. The van der Waals surface area contributed by atoms with Crippen molar-refractivity contribution < 1.29 is 17.6 Å². The molecule has 7 heteroatoms. The maximum Gasteiger partial charge on any atom is 0.265 e. The van der Waals surface area contributed by atoms with Crippen molar-refractivity contribution in [2.45, 2.75) is 11.8 Å². The smallest absolute Gasteiger partial charge is 0.265 e. The highest BCUT2D eigenvalue weighted by Gasteiger charge is 2.18. The number of carbonyl (C=O) groups excluding carboxylic acids is 1. The second-order valence-corrected chi connectivity index (χ2v) is 5.24. The van der Waals surface area contributed by atoms with E-state index in [2.05, 4.69) is 15.9 Å². The summed E-state index contributed by atoms with van der Waals surface area (Å²) in [5, 5.41) is 0. The van der Waals surface area contributed by atoms with Crippen LogP contribution in [-0.2, 0) is 14.8 Å². The standard InChI is InChI=1S/C8H7BrFNO3S/c1-5(12)11-15(13,14)8-3-2-6(10)4-7(8)9/h2-4H,1H3,(H,11,12). The van der Waals surface area contributed by atoms with Crippen LogP contribution in [0.25, 0.3) is 0 Å². The molecule has 0 saturated heterocycles. The van der Waals surface area contributed by atoms with Crippen LogP contribution in [-0.4, -0.2) is 14.3 Å². The molecule has 1 aromatic rings. The predicted molar refractivity (Wildman–Crippen MR) is 55.1 cm³/mol. The quantitative estimate of drug-likeness (QED) is 0.897. The van der Waals surface area contributed by atoms with Gasteiger partial charge in [0.1, 0.15) is 10.7 Å². The summed E-state index contributed by atoms with van der Waals surface area (Å²) < 4.78 is 37.5. The van der Waals surface area contributed by atoms with Crippen molar-refractivity contribution in [1.82, 2.24) is 4.72 Å². The van der Waals surface area contributed by atoms with E-state index in [9.17, 15) is 17.6 Å². The molecule has 0 aliphatic rings. The van der Waals surface area contributed by atoms with Crippen LogP contribution in [0.15, 0.2) is 27.6 Å². The Morgan fingerprint density at radius 2 is 2.07 bits per heavy atom. The lowest BCUT2D eigenvalue weighted by molar-refractivity contribution is -0.117. The average Bonchev–Trinajstić information content (AvgIpc) is 1.99. The first-order valence-electron chi connectivity index (χ1n) is 3.81. The Bertz CT molecular complexity index is 501. The molecule has 0 spiro atoms. The van der Waals surface area contributed by atoms with Gasteiger partial charge in [-0.05, 0) is 34.1 Å². The maximum absolute atomic E-state index is 12.7. The minimum absolute atomic E-state index is 0.0660. The van der Waals surface area contributed by atoms with Crippen molar-refractivity contribution in [3.8, 4) is 0 Å². The highest BCUT2D eigenvalue weighted by Crippen LogP contribution is 2.22. The molecule has 0 aliphatic carbocycles. The van der Waals surface area contributed by atoms with E-state index >= 15 is 0 Å². The van der Waals surface area contributed by atoms with E-state index in [0.717, 1.165) is 25.1 Å². The van der Waals surface area contributed by atoms with Crippen molar-refractivity contribution in [2.24, 2.45) is 0 Å². The van der Waals surface area contributed by atoms with Gasteiger partial charge < -0.3 is 0 Å². The third-order valence-corrected chi connectivity index (χ3v) is 3.87. The van der Waals surface area contributed by atoms with Crippen LogP contribution < -0.4 is 4.72 Å². The molecule has 0 aliphatic heterocycles. The highest BCUT2D eigenvalue weighted by molar-refractivity contribution is 9.10. The Morgan fingerprint density at radius 1 is 1.47 bits per heavy atom. The molecule has 15 heavy (non-hydrogen) atoms. The number of hydrogen-bond acceptors (Lipinski definition) is 3. The largest absolute Gasteiger partial charge is 0.274 e. The fraction of sp³-hybridized carbons (Fsp3) is 0.125. The van der Waals surface area contributed by atoms with E-state index in [0.29, 0.717) is 0 Å². The van der Waals surface area contributed by atoms with Gasteiger partial charge in [0.05, 0.1) is 0 Å². The molecule has 0 atom stereocenters. The molecule has 1 aromatic carbocycles. The summed E-state index contributed by atoms with van der Waals surface area (Å²) in [7, 11) is -3.92. The van der Waals surface area contributed by atoms with Crippen LogP contribution in [0, 0.1) is 5.82 Å². The van der Waals surface area contributed by atoms with Crippen LogP contribution in [0.1, 0.15) is 6.92 Å². The van der Waals surface area contributed by atoms with Crippen molar-refractivity contribution in [2.75, 3.05) is 0 Å². The van der Waals surface area contributed by atoms with Gasteiger partial charge in [0.2, 0.25) is 5.91 Å². The number of carbonyl (C=O) groups is 1. The van der Waals surface area contributed by atoms with E-state index in [1.54, 1.807) is 4.72 Å². The summed E-state index contributed by atoms with van der Waals surface area (Å²) in [5.74, 6) is -1.27. The van der Waals surface area contributed by atoms with Gasteiger partial charge in [0.25, 0.3) is 10.0 Å². The molecule has 0 fully saturated rings. The molecule has 0 unspecified atom stereocenters. The minimum atomic E-state index is -3.92. The first kappa shape index (κ1) is 12.1. The molecular weight excluding hydrogens is 289 g/mol. The van der Waals surface area contributed by atoms with Crippen LogP contribution in [0.5, 0.6) is 0 Å². The SMILES string of the molecule is CC(=O)NS(=O)(=O)c1ccc(F)cc1Br. The number of sulfonamides is 1. The highest BCUT2D eigenvalue weighted by atomic mass is 79.9. The summed E-state index contributed by atoms with van der Waals surface area (Å²) >= 11 is 2.90. The zero-order valence-electron chi connectivity index (χ0n) is 7.62. The second kappa shape index (κ2) is 4.28. The first-order chi connectivity index (χ1) is 6.83. The summed E-state index contributed by atoms with van der Waals surface area (Å²) in [6.45, 7) is 1.08. The van der Waals surface area contributed by atoms with Gasteiger partial charge in [-0.1, -0.05) is 0 Å². The van der Waals surface area contributed by atoms with Crippen LogP contribution in [0.3, 0.4) is 0 Å². The molecule has 0 saturated carbocycles. The molecule has 82 valence electrons. The lowest BCUT2D eigenvalue weighted by Crippen LogP contribution is -2.28. The van der Waals surface area contributed by atoms with Gasteiger partial charge in [0, 0.05) is 11.4 Å². The molecule has 1 N–H and O–H groups in total. The Kier molecular flexibility index (Phi) is 3.46. The fourth-order valence-corrected chi connectivity index (χ4v) is 2.98. The normalized spacial score (nSPS) is 11.1. The maximum atomic E-state index is 12.7. The number of nitrogens with one attached hydrogen (secondary N) is 1. The van der Waals surface area contributed by atoms with E-state index in [4.69, 9.17) is 0 Å². The number of benzene rings is 1. The third-order valence-electron chi connectivity index (χ3n) is 1.46. The van der Waals surface area contributed by atoms with Gasteiger partial charge >= 0.3 is 0 Å². The molecule has 1 rings (SSSR count).